The van der Waals surface area contributed by atoms with Gasteiger partial charge in [-0.3, -0.25) is 0 Å². The minimum atomic E-state index is 0.258. The molecule has 0 aliphatic heterocycles. The van der Waals surface area contributed by atoms with Crippen molar-refractivity contribution in [1.82, 2.24) is 5.16 Å². The zero-order valence-electron chi connectivity index (χ0n) is 10.6. The fourth-order valence-electron chi connectivity index (χ4n) is 2.02. The monoisotopic (exact) mass is 306 g/mol. The maximum absolute atomic E-state index is 5.98. The fraction of sp³-hybridized carbons (Fsp3) is 0.0714. The lowest BCUT2D eigenvalue weighted by atomic mass is 10.0. The summed E-state index contributed by atoms with van der Waals surface area (Å²) < 4.78 is 11.2. The Hall–Kier alpha value is -1.98. The molecule has 0 bridgehead atoms. The Morgan fingerprint density at radius 1 is 1.25 bits per heavy atom. The second kappa shape index (κ2) is 5.19. The lowest BCUT2D eigenvalue weighted by molar-refractivity contribution is 0.416. The van der Waals surface area contributed by atoms with E-state index in [-0.39, 0.29) is 5.88 Å². The molecule has 0 aliphatic carbocycles. The maximum atomic E-state index is 5.98. The summed E-state index contributed by atoms with van der Waals surface area (Å²) in [4.78, 5) is 0.899. The van der Waals surface area contributed by atoms with Crippen molar-refractivity contribution in [2.75, 3.05) is 12.8 Å². The Morgan fingerprint density at radius 2 is 2.05 bits per heavy atom. The van der Waals surface area contributed by atoms with E-state index in [0.29, 0.717) is 15.8 Å². The van der Waals surface area contributed by atoms with Crippen molar-refractivity contribution >= 4 is 28.8 Å². The molecule has 0 amide bonds. The molecule has 0 fully saturated rings. The van der Waals surface area contributed by atoms with Crippen LogP contribution in [0.3, 0.4) is 0 Å². The molecule has 3 rings (SSSR count). The molecule has 0 saturated heterocycles. The van der Waals surface area contributed by atoms with E-state index >= 15 is 0 Å². The number of methoxy groups -OCH3 is 1. The molecule has 102 valence electrons. The Bertz CT molecular complexity index is 751. The van der Waals surface area contributed by atoms with Gasteiger partial charge in [0.25, 0.3) is 0 Å². The van der Waals surface area contributed by atoms with Gasteiger partial charge in [0, 0.05) is 5.56 Å². The molecule has 0 saturated carbocycles. The largest absolute Gasteiger partial charge is 0.496 e. The molecule has 2 heterocycles. The van der Waals surface area contributed by atoms with Crippen LogP contribution in [-0.2, 0) is 0 Å². The van der Waals surface area contributed by atoms with Crippen molar-refractivity contribution in [1.29, 1.82) is 0 Å². The summed E-state index contributed by atoms with van der Waals surface area (Å²) in [5, 5.41) is 4.05. The first-order chi connectivity index (χ1) is 9.70. The topological polar surface area (TPSA) is 61.3 Å². The van der Waals surface area contributed by atoms with Crippen LogP contribution >= 0.6 is 22.9 Å². The van der Waals surface area contributed by atoms with Crippen LogP contribution in [0.2, 0.25) is 4.34 Å². The number of nitrogen functional groups attached to an aromatic ring is 1. The van der Waals surface area contributed by atoms with Crippen molar-refractivity contribution in [3.8, 4) is 27.4 Å². The molecule has 3 aromatic rings. The number of benzene rings is 1. The zero-order chi connectivity index (χ0) is 14.1. The molecule has 0 unspecified atom stereocenters. The normalized spacial score (nSPS) is 10.7. The molecule has 1 aromatic carbocycles. The molecule has 4 nitrogen and oxygen atoms in total. The second-order valence-electron chi connectivity index (χ2n) is 4.07. The van der Waals surface area contributed by atoms with Gasteiger partial charge in [0.05, 0.1) is 21.9 Å². The first-order valence-corrected chi connectivity index (χ1v) is 7.04. The zero-order valence-corrected chi connectivity index (χ0v) is 12.2. The minimum absolute atomic E-state index is 0.258. The summed E-state index contributed by atoms with van der Waals surface area (Å²) in [6.45, 7) is 0. The van der Waals surface area contributed by atoms with Crippen LogP contribution in [0, 0.1) is 0 Å². The number of hydrogen-bond donors (Lipinski definition) is 1. The van der Waals surface area contributed by atoms with E-state index in [4.69, 9.17) is 26.6 Å². The van der Waals surface area contributed by atoms with Gasteiger partial charge in [0.15, 0.2) is 0 Å². The fourth-order valence-corrected chi connectivity index (χ4v) is 3.05. The van der Waals surface area contributed by atoms with Gasteiger partial charge in [-0.15, -0.1) is 11.3 Å². The van der Waals surface area contributed by atoms with Crippen LogP contribution in [0.25, 0.3) is 21.7 Å². The molecule has 0 radical (unpaired) electrons. The highest BCUT2D eigenvalue weighted by atomic mass is 35.5. The predicted octanol–water partition coefficient (Wildman–Crippen LogP) is 4.31. The summed E-state index contributed by atoms with van der Waals surface area (Å²) in [5.41, 5.74) is 8.16. The Labute approximate surface area is 124 Å². The molecule has 20 heavy (non-hydrogen) atoms. The van der Waals surface area contributed by atoms with E-state index in [1.54, 1.807) is 7.11 Å². The van der Waals surface area contributed by atoms with Crippen molar-refractivity contribution in [2.24, 2.45) is 0 Å². The van der Waals surface area contributed by atoms with Crippen molar-refractivity contribution in [3.05, 3.63) is 40.7 Å². The molecular weight excluding hydrogens is 296 g/mol. The highest BCUT2D eigenvalue weighted by molar-refractivity contribution is 7.19. The first kappa shape index (κ1) is 13.0. The van der Waals surface area contributed by atoms with Crippen LogP contribution in [0.4, 0.5) is 5.88 Å². The summed E-state index contributed by atoms with van der Waals surface area (Å²) >= 11 is 7.40. The van der Waals surface area contributed by atoms with Crippen molar-refractivity contribution in [3.63, 3.8) is 0 Å². The average molecular weight is 307 g/mol. The quantitative estimate of drug-likeness (QED) is 0.783. The van der Waals surface area contributed by atoms with Crippen LogP contribution in [0.5, 0.6) is 5.75 Å². The lowest BCUT2D eigenvalue weighted by Crippen LogP contribution is -1.91. The Balaban J connectivity index is 2.21. The minimum Gasteiger partial charge on any atom is -0.496 e. The van der Waals surface area contributed by atoms with Gasteiger partial charge in [0.1, 0.15) is 11.4 Å². The standard InChI is InChI=1S/C14H11ClN2O2S/c1-18-9-5-3-2-4-8(9)12-13(17-19-14(12)16)10-6-7-11(15)20-10/h2-7H,16H2,1H3. The number of ether oxygens (including phenoxy) is 1. The van der Waals surface area contributed by atoms with Gasteiger partial charge >= 0.3 is 0 Å². The number of nitrogens with zero attached hydrogens (tertiary/aromatic N) is 1. The van der Waals surface area contributed by atoms with E-state index in [1.165, 1.54) is 11.3 Å². The second-order valence-corrected chi connectivity index (χ2v) is 5.79. The first-order valence-electron chi connectivity index (χ1n) is 5.85. The third kappa shape index (κ3) is 2.15. The molecule has 0 spiro atoms. The van der Waals surface area contributed by atoms with E-state index in [2.05, 4.69) is 5.16 Å². The number of halogens is 1. The SMILES string of the molecule is COc1ccccc1-c1c(-c2ccc(Cl)s2)noc1N. The third-order valence-electron chi connectivity index (χ3n) is 2.90. The number of aromatic nitrogens is 1. The van der Waals surface area contributed by atoms with E-state index in [9.17, 15) is 0 Å². The molecule has 0 atom stereocenters. The molecule has 2 N–H and O–H groups in total. The van der Waals surface area contributed by atoms with Crippen LogP contribution < -0.4 is 10.5 Å². The average Bonchev–Trinajstić information content (AvgIpc) is 3.04. The molecule has 2 aromatic heterocycles. The van der Waals surface area contributed by atoms with Gasteiger partial charge in [-0.1, -0.05) is 35.0 Å². The number of nitrogens with two attached hydrogens (primary N) is 1. The summed E-state index contributed by atoms with van der Waals surface area (Å²) in [5.74, 6) is 0.973. The van der Waals surface area contributed by atoms with E-state index in [1.807, 2.05) is 36.4 Å². The lowest BCUT2D eigenvalue weighted by Gasteiger charge is -2.07. The number of rotatable bonds is 3. The summed E-state index contributed by atoms with van der Waals surface area (Å²) in [6, 6.07) is 11.3. The summed E-state index contributed by atoms with van der Waals surface area (Å²) in [6.07, 6.45) is 0. The number of anilines is 1. The van der Waals surface area contributed by atoms with E-state index in [0.717, 1.165) is 16.0 Å². The molecular formula is C14H11ClN2O2S. The number of para-hydroxylation sites is 1. The van der Waals surface area contributed by atoms with Crippen molar-refractivity contribution < 1.29 is 9.26 Å². The Kier molecular flexibility index (Phi) is 3.38. The van der Waals surface area contributed by atoms with Crippen LogP contribution in [-0.4, -0.2) is 12.3 Å². The number of thiophene rings is 1. The summed E-state index contributed by atoms with van der Waals surface area (Å²) in [7, 11) is 1.62. The maximum Gasteiger partial charge on any atom is 0.230 e. The van der Waals surface area contributed by atoms with Gasteiger partial charge in [-0.05, 0) is 18.2 Å². The highest BCUT2D eigenvalue weighted by Crippen LogP contribution is 2.42. The van der Waals surface area contributed by atoms with Gasteiger partial charge in [0.2, 0.25) is 5.88 Å². The van der Waals surface area contributed by atoms with Crippen LogP contribution in [0.1, 0.15) is 0 Å². The van der Waals surface area contributed by atoms with Gasteiger partial charge < -0.3 is 15.0 Å². The smallest absolute Gasteiger partial charge is 0.230 e. The third-order valence-corrected chi connectivity index (χ3v) is 4.14. The van der Waals surface area contributed by atoms with Gasteiger partial charge in [-0.25, -0.2) is 0 Å². The predicted molar refractivity (Wildman–Crippen MR) is 81.2 cm³/mol. The number of hydrogen-bond acceptors (Lipinski definition) is 5. The van der Waals surface area contributed by atoms with Crippen LogP contribution in [0.15, 0.2) is 40.9 Å². The Morgan fingerprint density at radius 3 is 2.75 bits per heavy atom. The van der Waals surface area contributed by atoms with Crippen molar-refractivity contribution in [2.45, 2.75) is 0 Å². The van der Waals surface area contributed by atoms with E-state index < -0.39 is 0 Å². The molecule has 0 aliphatic rings. The van der Waals surface area contributed by atoms with Gasteiger partial charge in [-0.2, -0.15) is 0 Å². The molecule has 6 heteroatoms. The highest BCUT2D eigenvalue weighted by Gasteiger charge is 2.21.